The molecule has 0 aliphatic carbocycles. The summed E-state index contributed by atoms with van der Waals surface area (Å²) in [7, 11) is 1.40. The first kappa shape index (κ1) is 30.7. The number of anilines is 3. The van der Waals surface area contributed by atoms with Crippen LogP contribution in [-0.2, 0) is 21.6 Å². The van der Waals surface area contributed by atoms with Gasteiger partial charge in [0.05, 0.1) is 28.7 Å². The summed E-state index contributed by atoms with van der Waals surface area (Å²) in [6.07, 6.45) is 1.21. The Balaban J connectivity index is 1.51. The highest BCUT2D eigenvalue weighted by Gasteiger charge is 2.22. The predicted molar refractivity (Wildman–Crippen MR) is 160 cm³/mol. The smallest absolute Gasteiger partial charge is 0.324 e. The van der Waals surface area contributed by atoms with Crippen LogP contribution in [0.15, 0.2) is 54.9 Å². The molecule has 0 saturated carbocycles. The van der Waals surface area contributed by atoms with Gasteiger partial charge in [-0.1, -0.05) is 56.1 Å². The summed E-state index contributed by atoms with van der Waals surface area (Å²) in [5, 5.41) is 22.4. The zero-order valence-corrected chi connectivity index (χ0v) is 24.7. The highest BCUT2D eigenvalue weighted by Crippen LogP contribution is 2.39. The number of benzene rings is 2. The Hall–Kier alpha value is -4.23. The molecule has 3 amide bonds. The number of aliphatic hydroxyl groups is 1. The van der Waals surface area contributed by atoms with Crippen LogP contribution in [0.5, 0.6) is 11.6 Å². The molecular formula is C28H29Cl2N7O5. The zero-order valence-electron chi connectivity index (χ0n) is 23.2. The van der Waals surface area contributed by atoms with E-state index < -0.39 is 11.9 Å². The monoisotopic (exact) mass is 613 g/mol. The van der Waals surface area contributed by atoms with Crippen molar-refractivity contribution in [3.63, 3.8) is 0 Å². The lowest BCUT2D eigenvalue weighted by Gasteiger charge is -2.14. The molecule has 220 valence electrons. The van der Waals surface area contributed by atoms with Crippen LogP contribution in [0.4, 0.5) is 22.1 Å². The van der Waals surface area contributed by atoms with E-state index in [1.807, 2.05) is 26.8 Å². The lowest BCUT2D eigenvalue weighted by atomic mass is 9.92. The van der Waals surface area contributed by atoms with E-state index in [9.17, 15) is 14.7 Å². The second kappa shape index (κ2) is 13.2. The van der Waals surface area contributed by atoms with Gasteiger partial charge in [-0.3, -0.25) is 10.1 Å². The van der Waals surface area contributed by atoms with Crippen molar-refractivity contribution in [2.45, 2.75) is 32.8 Å². The van der Waals surface area contributed by atoms with E-state index in [1.165, 1.54) is 31.6 Å². The van der Waals surface area contributed by atoms with E-state index in [0.717, 1.165) is 5.69 Å². The lowest BCUT2D eigenvalue weighted by Crippen LogP contribution is -2.21. The molecule has 0 aliphatic rings. The molecule has 12 nitrogen and oxygen atoms in total. The fourth-order valence-corrected chi connectivity index (χ4v) is 4.09. The molecule has 0 radical (unpaired) electrons. The molecule has 0 atom stereocenters. The van der Waals surface area contributed by atoms with Crippen molar-refractivity contribution in [2.24, 2.45) is 0 Å². The number of methoxy groups -OCH3 is 1. The lowest BCUT2D eigenvalue weighted by molar-refractivity contribution is -0.119. The Morgan fingerprint density at radius 2 is 1.79 bits per heavy atom. The molecule has 0 saturated heterocycles. The molecule has 4 rings (SSSR count). The Kier molecular flexibility index (Phi) is 9.63. The number of amides is 3. The van der Waals surface area contributed by atoms with Crippen LogP contribution >= 0.6 is 23.2 Å². The Labute approximate surface area is 252 Å². The second-order valence-corrected chi connectivity index (χ2v) is 10.8. The molecule has 42 heavy (non-hydrogen) atoms. The van der Waals surface area contributed by atoms with Crippen molar-refractivity contribution in [3.05, 3.63) is 76.2 Å². The maximum atomic E-state index is 13.1. The van der Waals surface area contributed by atoms with Crippen LogP contribution < -0.4 is 20.7 Å². The van der Waals surface area contributed by atoms with Crippen LogP contribution in [0.2, 0.25) is 10.0 Å². The van der Waals surface area contributed by atoms with Crippen molar-refractivity contribution < 1.29 is 24.2 Å². The molecule has 0 unspecified atom stereocenters. The molecule has 0 spiro atoms. The number of nitrogens with zero attached hydrogens (tertiary/aromatic N) is 4. The molecular weight excluding hydrogens is 585 g/mol. The van der Waals surface area contributed by atoms with E-state index >= 15 is 0 Å². The van der Waals surface area contributed by atoms with E-state index in [0.29, 0.717) is 17.1 Å². The summed E-state index contributed by atoms with van der Waals surface area (Å²) < 4.78 is 12.1. The number of ether oxygens (including phenoxy) is 2. The van der Waals surface area contributed by atoms with Crippen LogP contribution in [0, 0.1) is 0 Å². The number of hydrogen-bond donors (Lipinski definition) is 4. The first-order valence-electron chi connectivity index (χ1n) is 12.6. The Morgan fingerprint density at radius 3 is 2.50 bits per heavy atom. The standard InChI is InChI=1S/C28H29Cl2N7O5/c1-28(2,3)20-11-22(37(36-20)17-7-5-6-16(10-17)13-38)35-27(40)33-18-8-9-19(26(30)25(18)29)42-24-12-21(31-15-32-24)34-23(39)14-41-4/h5-12,15,38H,13-14H2,1-4H3,(H2,33,35,40)(H,31,32,34,39). The fourth-order valence-electron chi connectivity index (χ4n) is 3.68. The van der Waals surface area contributed by atoms with Crippen molar-refractivity contribution in [1.82, 2.24) is 19.7 Å². The molecule has 4 N–H and O–H groups in total. The molecule has 0 aliphatic heterocycles. The predicted octanol–water partition coefficient (Wildman–Crippen LogP) is 5.78. The summed E-state index contributed by atoms with van der Waals surface area (Å²) in [4.78, 5) is 32.8. The molecule has 2 aromatic heterocycles. The average molecular weight is 614 g/mol. The van der Waals surface area contributed by atoms with Gasteiger partial charge in [0.1, 0.15) is 35.3 Å². The van der Waals surface area contributed by atoms with Crippen LogP contribution in [0.3, 0.4) is 0 Å². The normalized spacial score (nSPS) is 11.2. The number of nitrogens with one attached hydrogen (secondary N) is 3. The molecule has 0 bridgehead atoms. The maximum Gasteiger partial charge on any atom is 0.324 e. The molecule has 0 fully saturated rings. The fraction of sp³-hybridized carbons (Fsp3) is 0.250. The summed E-state index contributed by atoms with van der Waals surface area (Å²) >= 11 is 12.9. The van der Waals surface area contributed by atoms with E-state index in [4.69, 9.17) is 37.8 Å². The van der Waals surface area contributed by atoms with Crippen LogP contribution in [-0.4, -0.2) is 50.5 Å². The Morgan fingerprint density at radius 1 is 1.00 bits per heavy atom. The van der Waals surface area contributed by atoms with Gasteiger partial charge in [0.25, 0.3) is 5.91 Å². The number of carbonyl (C=O) groups is 2. The van der Waals surface area contributed by atoms with Gasteiger partial charge in [-0.2, -0.15) is 5.10 Å². The number of aliphatic hydroxyl groups excluding tert-OH is 1. The number of urea groups is 1. The van der Waals surface area contributed by atoms with Crippen molar-refractivity contribution >= 4 is 52.5 Å². The highest BCUT2D eigenvalue weighted by molar-refractivity contribution is 6.45. The number of halogens is 2. The Bertz CT molecular complexity index is 1600. The third kappa shape index (κ3) is 7.53. The summed E-state index contributed by atoms with van der Waals surface area (Å²) in [6, 6.07) is 12.8. The van der Waals surface area contributed by atoms with Gasteiger partial charge in [-0.05, 0) is 29.8 Å². The van der Waals surface area contributed by atoms with E-state index in [1.54, 1.807) is 28.9 Å². The third-order valence-corrected chi connectivity index (χ3v) is 6.62. The van der Waals surface area contributed by atoms with Gasteiger partial charge in [0.15, 0.2) is 0 Å². The molecule has 2 heterocycles. The van der Waals surface area contributed by atoms with E-state index in [-0.39, 0.29) is 51.8 Å². The minimum absolute atomic E-state index is 0.0268. The van der Waals surface area contributed by atoms with Crippen molar-refractivity contribution in [1.29, 1.82) is 0 Å². The second-order valence-electron chi connectivity index (χ2n) is 10.0. The summed E-state index contributed by atoms with van der Waals surface area (Å²) in [6.45, 7) is 5.77. The minimum atomic E-state index is -0.589. The van der Waals surface area contributed by atoms with Gasteiger partial charge >= 0.3 is 6.03 Å². The first-order chi connectivity index (χ1) is 20.0. The average Bonchev–Trinajstić information content (AvgIpc) is 3.37. The highest BCUT2D eigenvalue weighted by atomic mass is 35.5. The van der Waals surface area contributed by atoms with Gasteiger partial charge in [-0.25, -0.2) is 19.4 Å². The molecule has 4 aromatic rings. The molecule has 14 heteroatoms. The van der Waals surface area contributed by atoms with Crippen molar-refractivity contribution in [2.75, 3.05) is 29.7 Å². The number of hydrogen-bond acceptors (Lipinski definition) is 8. The number of aromatic nitrogens is 4. The zero-order chi connectivity index (χ0) is 30.4. The van der Waals surface area contributed by atoms with Gasteiger partial charge in [0, 0.05) is 24.7 Å². The summed E-state index contributed by atoms with van der Waals surface area (Å²) in [5.74, 6) is 0.482. The maximum absolute atomic E-state index is 13.1. The van der Waals surface area contributed by atoms with Crippen molar-refractivity contribution in [3.8, 4) is 17.3 Å². The first-order valence-corrected chi connectivity index (χ1v) is 13.4. The van der Waals surface area contributed by atoms with Gasteiger partial charge in [-0.15, -0.1) is 0 Å². The quantitative estimate of drug-likeness (QED) is 0.185. The largest absolute Gasteiger partial charge is 0.437 e. The summed E-state index contributed by atoms with van der Waals surface area (Å²) in [5.41, 5.74) is 2.06. The minimum Gasteiger partial charge on any atom is -0.437 e. The molecule has 2 aromatic carbocycles. The number of carbonyl (C=O) groups excluding carboxylic acids is 2. The van der Waals surface area contributed by atoms with E-state index in [2.05, 4.69) is 25.9 Å². The topological polar surface area (TPSA) is 153 Å². The van der Waals surface area contributed by atoms with Gasteiger partial charge < -0.3 is 25.2 Å². The van der Waals surface area contributed by atoms with Crippen LogP contribution in [0.25, 0.3) is 5.69 Å². The van der Waals surface area contributed by atoms with Gasteiger partial charge in [0.2, 0.25) is 5.88 Å². The third-order valence-electron chi connectivity index (χ3n) is 5.75. The van der Waals surface area contributed by atoms with Crippen LogP contribution in [0.1, 0.15) is 32.0 Å². The number of rotatable bonds is 9. The SMILES string of the molecule is COCC(=O)Nc1cc(Oc2ccc(NC(=O)Nc3cc(C(C)(C)C)nn3-c3cccc(CO)c3)c(Cl)c2Cl)ncn1.